The van der Waals surface area contributed by atoms with Crippen molar-refractivity contribution in [1.29, 1.82) is 0 Å². The molecule has 0 bridgehead atoms. The van der Waals surface area contributed by atoms with Gasteiger partial charge in [-0.3, -0.25) is 4.79 Å². The van der Waals surface area contributed by atoms with E-state index in [4.69, 9.17) is 14.2 Å². The van der Waals surface area contributed by atoms with E-state index in [-0.39, 0.29) is 23.6 Å². The predicted octanol–water partition coefficient (Wildman–Crippen LogP) is 4.03. The highest BCUT2D eigenvalue weighted by Gasteiger charge is 2.55. The van der Waals surface area contributed by atoms with Crippen molar-refractivity contribution >= 4 is 11.9 Å². The minimum atomic E-state index is -0.590. The second-order valence-electron chi connectivity index (χ2n) is 8.26. The fraction of sp³-hybridized carbons (Fsp3) is 0.636. The Morgan fingerprint density at radius 3 is 2.74 bits per heavy atom. The van der Waals surface area contributed by atoms with Gasteiger partial charge in [0.1, 0.15) is 6.10 Å². The average molecular weight is 374 g/mol. The van der Waals surface area contributed by atoms with Crippen molar-refractivity contribution < 1.29 is 23.8 Å². The number of hydrogen-bond acceptors (Lipinski definition) is 5. The molecule has 5 nitrogen and oxygen atoms in total. The van der Waals surface area contributed by atoms with E-state index in [1.807, 2.05) is 6.92 Å². The van der Waals surface area contributed by atoms with Crippen LogP contribution in [-0.4, -0.2) is 35.9 Å². The summed E-state index contributed by atoms with van der Waals surface area (Å²) in [6.45, 7) is 11.5. The Bertz CT molecular complexity index is 703. The van der Waals surface area contributed by atoms with Crippen LogP contribution in [-0.2, 0) is 23.8 Å². The van der Waals surface area contributed by atoms with Crippen LogP contribution >= 0.6 is 0 Å². The first-order valence-electron chi connectivity index (χ1n) is 9.78. The molecule has 3 aliphatic rings. The molecule has 2 aliphatic heterocycles. The van der Waals surface area contributed by atoms with Crippen molar-refractivity contribution in [2.75, 3.05) is 0 Å². The monoisotopic (exact) mass is 374 g/mol. The summed E-state index contributed by atoms with van der Waals surface area (Å²) >= 11 is 0. The van der Waals surface area contributed by atoms with Gasteiger partial charge >= 0.3 is 11.9 Å². The molecule has 0 aromatic rings. The summed E-state index contributed by atoms with van der Waals surface area (Å²) in [7, 11) is 0. The van der Waals surface area contributed by atoms with E-state index >= 15 is 0 Å². The second-order valence-corrected chi connectivity index (χ2v) is 8.26. The van der Waals surface area contributed by atoms with Gasteiger partial charge in [-0.05, 0) is 58.4 Å². The molecular weight excluding hydrogens is 344 g/mol. The maximum Gasteiger partial charge on any atom is 0.334 e. The van der Waals surface area contributed by atoms with E-state index in [2.05, 4.69) is 32.6 Å². The third kappa shape index (κ3) is 4.34. The summed E-state index contributed by atoms with van der Waals surface area (Å²) in [5.74, 6) is -0.999. The number of rotatable bonds is 1. The highest BCUT2D eigenvalue weighted by Crippen LogP contribution is 2.47. The fourth-order valence-corrected chi connectivity index (χ4v) is 4.17. The lowest BCUT2D eigenvalue weighted by Gasteiger charge is -2.27. The molecule has 0 saturated carbocycles. The number of carbonyl (C=O) groups is 2. The largest absolute Gasteiger partial charge is 0.454 e. The predicted molar refractivity (Wildman–Crippen MR) is 102 cm³/mol. The third-order valence-electron chi connectivity index (χ3n) is 6.03. The molecule has 0 radical (unpaired) electrons. The fourth-order valence-electron chi connectivity index (χ4n) is 4.17. The van der Waals surface area contributed by atoms with E-state index in [0.29, 0.717) is 12.0 Å². The van der Waals surface area contributed by atoms with E-state index < -0.39 is 18.2 Å². The minimum absolute atomic E-state index is 0.0650. The molecule has 3 rings (SSSR count). The summed E-state index contributed by atoms with van der Waals surface area (Å²) in [4.78, 5) is 23.9. The molecule has 0 N–H and O–H groups in total. The summed E-state index contributed by atoms with van der Waals surface area (Å²) < 4.78 is 17.2. The number of hydrogen-bond donors (Lipinski definition) is 0. The molecule has 5 unspecified atom stereocenters. The Morgan fingerprint density at radius 1 is 1.30 bits per heavy atom. The Morgan fingerprint density at radius 2 is 2.04 bits per heavy atom. The van der Waals surface area contributed by atoms with Crippen LogP contribution in [0.2, 0.25) is 0 Å². The normalized spacial score (nSPS) is 37.2. The van der Waals surface area contributed by atoms with Gasteiger partial charge in [-0.15, -0.1) is 0 Å². The molecule has 2 saturated heterocycles. The Labute approximate surface area is 161 Å². The molecule has 0 amide bonds. The maximum atomic E-state index is 12.2. The minimum Gasteiger partial charge on any atom is -0.454 e. The number of ether oxygens (including phenoxy) is 3. The van der Waals surface area contributed by atoms with E-state index in [0.717, 1.165) is 31.3 Å². The van der Waals surface area contributed by atoms with Crippen LogP contribution in [0.1, 0.15) is 59.8 Å². The van der Waals surface area contributed by atoms with Crippen molar-refractivity contribution in [1.82, 2.24) is 0 Å². The first-order chi connectivity index (χ1) is 12.7. The second kappa shape index (κ2) is 7.63. The molecule has 148 valence electrons. The first kappa shape index (κ1) is 19.9. The number of carbonyl (C=O) groups excluding carboxylic acids is 2. The summed E-state index contributed by atoms with van der Waals surface area (Å²) in [6.07, 6.45) is 7.70. The lowest BCUT2D eigenvalue weighted by atomic mass is 9.84. The topological polar surface area (TPSA) is 65.1 Å². The highest BCUT2D eigenvalue weighted by molar-refractivity contribution is 5.91. The van der Waals surface area contributed by atoms with Crippen molar-refractivity contribution in [3.63, 3.8) is 0 Å². The average Bonchev–Trinajstić information content (AvgIpc) is 3.14. The van der Waals surface area contributed by atoms with Gasteiger partial charge < -0.3 is 14.2 Å². The summed E-state index contributed by atoms with van der Waals surface area (Å²) in [6, 6.07) is 0. The van der Waals surface area contributed by atoms with Crippen LogP contribution < -0.4 is 0 Å². The number of allylic oxidation sites excluding steroid dienone is 3. The molecule has 2 fully saturated rings. The molecule has 1 aliphatic carbocycles. The molecule has 0 aromatic carbocycles. The quantitative estimate of drug-likeness (QED) is 0.300. The van der Waals surface area contributed by atoms with E-state index in [1.165, 1.54) is 12.5 Å². The number of fused-ring (bicyclic) bond motifs is 2. The van der Waals surface area contributed by atoms with Crippen LogP contribution in [0.5, 0.6) is 0 Å². The lowest BCUT2D eigenvalue weighted by Crippen LogP contribution is -2.37. The zero-order valence-electron chi connectivity index (χ0n) is 16.7. The van der Waals surface area contributed by atoms with Crippen molar-refractivity contribution in [2.45, 2.75) is 83.7 Å². The van der Waals surface area contributed by atoms with Gasteiger partial charge in [0.2, 0.25) is 0 Å². The van der Waals surface area contributed by atoms with Gasteiger partial charge in [-0.1, -0.05) is 24.3 Å². The van der Waals surface area contributed by atoms with Crippen LogP contribution in [0.4, 0.5) is 0 Å². The molecule has 2 heterocycles. The van der Waals surface area contributed by atoms with Crippen molar-refractivity contribution in [2.24, 2.45) is 5.92 Å². The standard InChI is InChI=1S/C22H30O5/c1-13-8-6-10-14(2)19(25-16(4)23)20-17(15(3)21(24)26-20)12-18-22(5,27-18)11-7-9-13/h9-10,17-20H,3,6-8,11-12H2,1-2,4-5H3. The Hall–Kier alpha value is -1.88. The van der Waals surface area contributed by atoms with Crippen LogP contribution in [0, 0.1) is 5.92 Å². The van der Waals surface area contributed by atoms with Crippen molar-refractivity contribution in [3.8, 4) is 0 Å². The Kier molecular flexibility index (Phi) is 5.61. The van der Waals surface area contributed by atoms with Crippen LogP contribution in [0.25, 0.3) is 0 Å². The maximum absolute atomic E-state index is 12.2. The van der Waals surface area contributed by atoms with Gasteiger partial charge in [-0.2, -0.15) is 0 Å². The number of esters is 2. The highest BCUT2D eigenvalue weighted by atomic mass is 16.6. The van der Waals surface area contributed by atoms with Gasteiger partial charge in [0.15, 0.2) is 6.10 Å². The van der Waals surface area contributed by atoms with Crippen LogP contribution in [0.15, 0.2) is 35.5 Å². The van der Waals surface area contributed by atoms with Gasteiger partial charge in [0.05, 0.1) is 11.7 Å². The lowest BCUT2D eigenvalue weighted by molar-refractivity contribution is -0.157. The summed E-state index contributed by atoms with van der Waals surface area (Å²) in [5, 5.41) is 0. The zero-order valence-corrected chi connectivity index (χ0v) is 16.7. The smallest absolute Gasteiger partial charge is 0.334 e. The molecule has 0 aromatic heterocycles. The molecule has 27 heavy (non-hydrogen) atoms. The molecule has 0 spiro atoms. The van der Waals surface area contributed by atoms with Gasteiger partial charge in [-0.25, -0.2) is 4.79 Å². The van der Waals surface area contributed by atoms with Gasteiger partial charge in [0, 0.05) is 18.4 Å². The van der Waals surface area contributed by atoms with Crippen molar-refractivity contribution in [3.05, 3.63) is 35.5 Å². The SMILES string of the molecule is C=C1C(=O)OC2C1CC1OC1(C)CCC=C(C)CCC=C(C)C2OC(C)=O. The van der Waals surface area contributed by atoms with Gasteiger partial charge in [0.25, 0.3) is 0 Å². The third-order valence-corrected chi connectivity index (χ3v) is 6.03. The summed E-state index contributed by atoms with van der Waals surface area (Å²) in [5.41, 5.74) is 2.54. The molecular formula is C22H30O5. The van der Waals surface area contributed by atoms with E-state index in [1.54, 1.807) is 0 Å². The Balaban J connectivity index is 1.92. The van der Waals surface area contributed by atoms with Crippen LogP contribution in [0.3, 0.4) is 0 Å². The molecule has 5 atom stereocenters. The number of epoxide rings is 1. The van der Waals surface area contributed by atoms with E-state index in [9.17, 15) is 9.59 Å². The first-order valence-corrected chi connectivity index (χ1v) is 9.78. The zero-order chi connectivity index (χ0) is 19.8. The molecule has 5 heteroatoms.